The molecule has 2 aromatic rings. The summed E-state index contributed by atoms with van der Waals surface area (Å²) in [6.07, 6.45) is 3.27. The molecule has 1 aliphatic carbocycles. The van der Waals surface area contributed by atoms with Gasteiger partial charge in [-0.05, 0) is 47.9 Å². The molecule has 1 amide bonds. The van der Waals surface area contributed by atoms with Crippen molar-refractivity contribution < 1.29 is 24.0 Å². The van der Waals surface area contributed by atoms with Crippen LogP contribution in [0.2, 0.25) is 0 Å². The number of carbonyl (C=O) groups is 2. The zero-order valence-corrected chi connectivity index (χ0v) is 13.9. The SMILES string of the molecule is COc1cc(C(=O)NC(CC2CCCc3ccccc32)C(=O)O)on1. The molecule has 132 valence electrons. The van der Waals surface area contributed by atoms with Crippen molar-refractivity contribution >= 4 is 11.9 Å². The quantitative estimate of drug-likeness (QED) is 0.834. The summed E-state index contributed by atoms with van der Waals surface area (Å²) in [5.41, 5.74) is 2.43. The number of fused-ring (bicyclic) bond motifs is 1. The number of ether oxygens (including phenoxy) is 1. The molecule has 0 spiro atoms. The molecule has 0 saturated carbocycles. The maximum atomic E-state index is 12.2. The molecule has 1 aliphatic rings. The Kier molecular flexibility index (Phi) is 5.02. The predicted octanol–water partition coefficient (Wildman–Crippen LogP) is 2.38. The first-order valence-corrected chi connectivity index (χ1v) is 8.20. The fourth-order valence-electron chi connectivity index (χ4n) is 3.30. The van der Waals surface area contributed by atoms with Crippen LogP contribution in [0.5, 0.6) is 5.88 Å². The lowest BCUT2D eigenvalue weighted by Crippen LogP contribution is -2.42. The van der Waals surface area contributed by atoms with Gasteiger partial charge in [0.05, 0.1) is 13.2 Å². The second-order valence-electron chi connectivity index (χ2n) is 6.12. The summed E-state index contributed by atoms with van der Waals surface area (Å²) >= 11 is 0. The van der Waals surface area contributed by atoms with Gasteiger partial charge in [0.2, 0.25) is 5.76 Å². The summed E-state index contributed by atoms with van der Waals surface area (Å²) in [6.45, 7) is 0. The number of methoxy groups -OCH3 is 1. The van der Waals surface area contributed by atoms with Crippen LogP contribution in [0, 0.1) is 0 Å². The summed E-state index contributed by atoms with van der Waals surface area (Å²) in [5, 5.41) is 15.6. The molecule has 3 rings (SSSR count). The van der Waals surface area contributed by atoms with E-state index < -0.39 is 17.9 Å². The van der Waals surface area contributed by atoms with Gasteiger partial charge in [-0.3, -0.25) is 4.79 Å². The molecule has 1 heterocycles. The van der Waals surface area contributed by atoms with E-state index >= 15 is 0 Å². The van der Waals surface area contributed by atoms with Crippen LogP contribution < -0.4 is 10.1 Å². The van der Waals surface area contributed by atoms with E-state index in [1.165, 1.54) is 24.3 Å². The summed E-state index contributed by atoms with van der Waals surface area (Å²) in [6, 6.07) is 8.41. The maximum absolute atomic E-state index is 12.2. The summed E-state index contributed by atoms with van der Waals surface area (Å²) in [4.78, 5) is 23.8. The minimum atomic E-state index is -1.07. The molecule has 0 aliphatic heterocycles. The van der Waals surface area contributed by atoms with Crippen molar-refractivity contribution in [3.63, 3.8) is 0 Å². The third-order valence-corrected chi connectivity index (χ3v) is 4.54. The molecular formula is C18H20N2O5. The second-order valence-corrected chi connectivity index (χ2v) is 6.12. The first kappa shape index (κ1) is 17.0. The zero-order chi connectivity index (χ0) is 17.8. The number of hydrogen-bond acceptors (Lipinski definition) is 5. The number of rotatable bonds is 6. The monoisotopic (exact) mass is 344 g/mol. The molecule has 7 heteroatoms. The molecule has 0 radical (unpaired) electrons. The van der Waals surface area contributed by atoms with Gasteiger partial charge in [0.1, 0.15) is 6.04 Å². The molecule has 2 atom stereocenters. The Hall–Kier alpha value is -2.83. The first-order valence-electron chi connectivity index (χ1n) is 8.20. The number of amides is 1. The van der Waals surface area contributed by atoms with E-state index in [0.29, 0.717) is 6.42 Å². The predicted molar refractivity (Wildman–Crippen MR) is 88.7 cm³/mol. The fourth-order valence-corrected chi connectivity index (χ4v) is 3.30. The van der Waals surface area contributed by atoms with E-state index in [9.17, 15) is 14.7 Å². The number of aromatic nitrogens is 1. The third kappa shape index (κ3) is 3.81. The van der Waals surface area contributed by atoms with Crippen LogP contribution in [-0.4, -0.2) is 35.3 Å². The van der Waals surface area contributed by atoms with E-state index in [1.54, 1.807) is 0 Å². The highest BCUT2D eigenvalue weighted by Gasteiger charge is 2.29. The Morgan fingerprint density at radius 3 is 2.96 bits per heavy atom. The molecule has 1 aromatic carbocycles. The van der Waals surface area contributed by atoms with Gasteiger partial charge in [-0.1, -0.05) is 24.3 Å². The largest absolute Gasteiger partial charge is 0.480 e. The smallest absolute Gasteiger partial charge is 0.326 e. The van der Waals surface area contributed by atoms with Crippen LogP contribution in [0.3, 0.4) is 0 Å². The number of carbonyl (C=O) groups excluding carboxylic acids is 1. The molecule has 7 nitrogen and oxygen atoms in total. The number of nitrogens with zero attached hydrogens (tertiary/aromatic N) is 1. The molecule has 1 aromatic heterocycles. The molecule has 2 N–H and O–H groups in total. The van der Waals surface area contributed by atoms with E-state index in [0.717, 1.165) is 19.3 Å². The van der Waals surface area contributed by atoms with Gasteiger partial charge in [-0.25, -0.2) is 4.79 Å². The lowest BCUT2D eigenvalue weighted by atomic mass is 9.79. The van der Waals surface area contributed by atoms with Crippen molar-refractivity contribution in [3.05, 3.63) is 47.2 Å². The number of nitrogens with one attached hydrogen (secondary N) is 1. The van der Waals surface area contributed by atoms with Crippen LogP contribution >= 0.6 is 0 Å². The van der Waals surface area contributed by atoms with Gasteiger partial charge in [-0.2, -0.15) is 0 Å². The Morgan fingerprint density at radius 2 is 2.24 bits per heavy atom. The number of carboxylic acid groups (broad SMARTS) is 1. The highest BCUT2D eigenvalue weighted by molar-refractivity contribution is 5.94. The average Bonchev–Trinajstić information content (AvgIpc) is 3.10. The highest BCUT2D eigenvalue weighted by atomic mass is 16.5. The van der Waals surface area contributed by atoms with Crippen LogP contribution in [0.15, 0.2) is 34.9 Å². The van der Waals surface area contributed by atoms with E-state index in [2.05, 4.69) is 16.5 Å². The number of benzene rings is 1. The maximum Gasteiger partial charge on any atom is 0.326 e. The second kappa shape index (κ2) is 7.38. The van der Waals surface area contributed by atoms with Crippen LogP contribution in [0.4, 0.5) is 0 Å². The molecular weight excluding hydrogens is 324 g/mol. The van der Waals surface area contributed by atoms with Crippen LogP contribution in [-0.2, 0) is 11.2 Å². The van der Waals surface area contributed by atoms with E-state index in [4.69, 9.17) is 9.26 Å². The van der Waals surface area contributed by atoms with Gasteiger partial charge in [0, 0.05) is 0 Å². The highest BCUT2D eigenvalue weighted by Crippen LogP contribution is 2.34. The van der Waals surface area contributed by atoms with Crippen molar-refractivity contribution in [1.82, 2.24) is 10.5 Å². The Balaban J connectivity index is 1.72. The minimum absolute atomic E-state index is 0.0767. The molecule has 0 bridgehead atoms. The van der Waals surface area contributed by atoms with Gasteiger partial charge in [-0.15, -0.1) is 0 Å². The Bertz CT molecular complexity index is 770. The Labute approximate surface area is 145 Å². The molecule has 2 unspecified atom stereocenters. The van der Waals surface area contributed by atoms with Gasteiger partial charge < -0.3 is 19.7 Å². The van der Waals surface area contributed by atoms with Crippen LogP contribution in [0.1, 0.15) is 46.9 Å². The zero-order valence-electron chi connectivity index (χ0n) is 13.9. The number of hydrogen-bond donors (Lipinski definition) is 2. The van der Waals surface area contributed by atoms with Crippen molar-refractivity contribution in [3.8, 4) is 5.88 Å². The van der Waals surface area contributed by atoms with Gasteiger partial charge in [0.15, 0.2) is 0 Å². The lowest BCUT2D eigenvalue weighted by Gasteiger charge is -2.27. The minimum Gasteiger partial charge on any atom is -0.480 e. The van der Waals surface area contributed by atoms with E-state index in [-0.39, 0.29) is 17.6 Å². The molecule has 25 heavy (non-hydrogen) atoms. The topological polar surface area (TPSA) is 102 Å². The van der Waals surface area contributed by atoms with E-state index in [1.807, 2.05) is 18.2 Å². The first-order chi connectivity index (χ1) is 12.1. The summed E-state index contributed by atoms with van der Waals surface area (Å²) in [7, 11) is 1.40. The van der Waals surface area contributed by atoms with Crippen molar-refractivity contribution in [2.45, 2.75) is 37.6 Å². The third-order valence-electron chi connectivity index (χ3n) is 4.54. The van der Waals surface area contributed by atoms with Crippen molar-refractivity contribution in [2.24, 2.45) is 0 Å². The molecule has 0 fully saturated rings. The van der Waals surface area contributed by atoms with Crippen molar-refractivity contribution in [2.75, 3.05) is 7.11 Å². The van der Waals surface area contributed by atoms with Crippen LogP contribution in [0.25, 0.3) is 0 Å². The standard InChI is InChI=1S/C18H20N2O5/c1-24-16-10-15(25-20-16)17(21)19-14(18(22)23)9-12-7-4-6-11-5-2-3-8-13(11)12/h2-3,5,8,10,12,14H,4,6-7,9H2,1H3,(H,19,21)(H,22,23). The van der Waals surface area contributed by atoms with Gasteiger partial charge in [0.25, 0.3) is 11.8 Å². The van der Waals surface area contributed by atoms with Gasteiger partial charge >= 0.3 is 5.97 Å². The molecule has 0 saturated heterocycles. The fraction of sp³-hybridized carbons (Fsp3) is 0.389. The summed E-state index contributed by atoms with van der Waals surface area (Å²) < 4.78 is 9.72. The lowest BCUT2D eigenvalue weighted by molar-refractivity contribution is -0.139. The number of aryl methyl sites for hydroxylation is 1. The van der Waals surface area contributed by atoms with Crippen molar-refractivity contribution in [1.29, 1.82) is 0 Å². The number of aliphatic carboxylic acids is 1. The number of carboxylic acids is 1. The summed E-state index contributed by atoms with van der Waals surface area (Å²) in [5.74, 6) is -1.49. The average molecular weight is 344 g/mol. The Morgan fingerprint density at radius 1 is 1.44 bits per heavy atom. The normalized spacial score (nSPS) is 17.4.